The number of morpholine rings is 1. The van der Waals surface area contributed by atoms with Gasteiger partial charge in [0.25, 0.3) is 0 Å². The zero-order valence-corrected chi connectivity index (χ0v) is 13.0. The van der Waals surface area contributed by atoms with Crippen molar-refractivity contribution < 1.29 is 4.74 Å². The molecule has 2 aliphatic rings. The molecule has 0 bridgehead atoms. The molecule has 1 aliphatic carbocycles. The highest BCUT2D eigenvalue weighted by molar-refractivity contribution is 5.67. The molecular formula is C18H21N3O. The number of nitrogens with zero attached hydrogens (tertiary/aromatic N) is 3. The summed E-state index contributed by atoms with van der Waals surface area (Å²) in [7, 11) is 0. The van der Waals surface area contributed by atoms with E-state index in [1.807, 2.05) is 0 Å². The molecule has 1 aliphatic heterocycles. The van der Waals surface area contributed by atoms with Gasteiger partial charge in [-0.15, -0.1) is 0 Å². The molecule has 114 valence electrons. The molecule has 4 nitrogen and oxygen atoms in total. The second-order valence-electron chi connectivity index (χ2n) is 6.12. The van der Waals surface area contributed by atoms with Gasteiger partial charge >= 0.3 is 0 Å². The minimum absolute atomic E-state index is 0.764. The molecule has 2 aromatic rings. The Balaban J connectivity index is 1.81. The Morgan fingerprint density at radius 3 is 2.77 bits per heavy atom. The summed E-state index contributed by atoms with van der Waals surface area (Å²) in [5, 5.41) is 0. The fourth-order valence-electron chi connectivity index (χ4n) is 3.36. The van der Waals surface area contributed by atoms with E-state index in [1.54, 1.807) is 0 Å². The predicted octanol–water partition coefficient (Wildman–Crippen LogP) is 2.78. The smallest absolute Gasteiger partial charge is 0.226 e. The first-order valence-corrected chi connectivity index (χ1v) is 8.11. The van der Waals surface area contributed by atoms with E-state index in [0.717, 1.165) is 50.8 Å². The van der Waals surface area contributed by atoms with Crippen LogP contribution in [0.15, 0.2) is 24.3 Å². The first-order chi connectivity index (χ1) is 10.8. The zero-order chi connectivity index (χ0) is 14.9. The van der Waals surface area contributed by atoms with Crippen molar-refractivity contribution in [3.63, 3.8) is 0 Å². The number of aromatic nitrogens is 2. The molecule has 4 heteroatoms. The van der Waals surface area contributed by atoms with Crippen LogP contribution in [-0.2, 0) is 17.6 Å². The van der Waals surface area contributed by atoms with Gasteiger partial charge in [-0.3, -0.25) is 0 Å². The van der Waals surface area contributed by atoms with Crippen LogP contribution in [-0.4, -0.2) is 36.3 Å². The summed E-state index contributed by atoms with van der Waals surface area (Å²) in [6.45, 7) is 5.42. The molecule has 0 unspecified atom stereocenters. The average Bonchev–Trinajstić information content (AvgIpc) is 3.03. The summed E-state index contributed by atoms with van der Waals surface area (Å²) in [5.74, 6) is 0.875. The van der Waals surface area contributed by atoms with Gasteiger partial charge in [-0.25, -0.2) is 9.97 Å². The Kier molecular flexibility index (Phi) is 3.54. The van der Waals surface area contributed by atoms with Crippen molar-refractivity contribution in [2.45, 2.75) is 26.2 Å². The van der Waals surface area contributed by atoms with Crippen LogP contribution in [0.5, 0.6) is 0 Å². The summed E-state index contributed by atoms with van der Waals surface area (Å²) in [6.07, 6.45) is 3.37. The largest absolute Gasteiger partial charge is 0.378 e. The average molecular weight is 295 g/mol. The SMILES string of the molecule is Cc1cccc(-c2nc(N3CCOCC3)nc3c2CCC3)c1. The monoisotopic (exact) mass is 295 g/mol. The summed E-state index contributed by atoms with van der Waals surface area (Å²) >= 11 is 0. The molecule has 22 heavy (non-hydrogen) atoms. The van der Waals surface area contributed by atoms with Crippen LogP contribution in [0.25, 0.3) is 11.3 Å². The van der Waals surface area contributed by atoms with Crippen LogP contribution in [0, 0.1) is 6.92 Å². The standard InChI is InChI=1S/C18H21N3O/c1-13-4-2-5-14(12-13)17-15-6-3-7-16(15)19-18(20-17)21-8-10-22-11-9-21/h2,4-5,12H,3,6-11H2,1H3. The van der Waals surface area contributed by atoms with Crippen molar-refractivity contribution in [1.29, 1.82) is 0 Å². The minimum Gasteiger partial charge on any atom is -0.378 e. The second-order valence-corrected chi connectivity index (χ2v) is 6.12. The topological polar surface area (TPSA) is 38.2 Å². The molecule has 0 amide bonds. The Morgan fingerprint density at radius 1 is 1.09 bits per heavy atom. The maximum absolute atomic E-state index is 5.45. The quantitative estimate of drug-likeness (QED) is 0.854. The van der Waals surface area contributed by atoms with Gasteiger partial charge < -0.3 is 9.64 Å². The zero-order valence-electron chi connectivity index (χ0n) is 13.0. The van der Waals surface area contributed by atoms with Crippen LogP contribution in [0.3, 0.4) is 0 Å². The molecule has 4 rings (SSSR count). The fourth-order valence-corrected chi connectivity index (χ4v) is 3.36. The van der Waals surface area contributed by atoms with Crippen molar-refractivity contribution in [1.82, 2.24) is 9.97 Å². The van der Waals surface area contributed by atoms with E-state index in [-0.39, 0.29) is 0 Å². The highest BCUT2D eigenvalue weighted by atomic mass is 16.5. The molecule has 1 saturated heterocycles. The van der Waals surface area contributed by atoms with E-state index >= 15 is 0 Å². The molecule has 0 saturated carbocycles. The third-order valence-electron chi connectivity index (χ3n) is 4.51. The number of hydrogen-bond acceptors (Lipinski definition) is 4. The van der Waals surface area contributed by atoms with Gasteiger partial charge in [0.2, 0.25) is 5.95 Å². The highest BCUT2D eigenvalue weighted by Gasteiger charge is 2.23. The summed E-state index contributed by atoms with van der Waals surface area (Å²) in [4.78, 5) is 12.0. The third kappa shape index (κ3) is 2.48. The maximum atomic E-state index is 5.45. The number of rotatable bonds is 2. The third-order valence-corrected chi connectivity index (χ3v) is 4.51. The van der Waals surface area contributed by atoms with Gasteiger partial charge in [0.15, 0.2) is 0 Å². The number of benzene rings is 1. The lowest BCUT2D eigenvalue weighted by Gasteiger charge is -2.27. The van der Waals surface area contributed by atoms with Crippen molar-refractivity contribution in [3.05, 3.63) is 41.1 Å². The molecule has 1 aromatic carbocycles. The first kappa shape index (κ1) is 13.7. The fraction of sp³-hybridized carbons (Fsp3) is 0.444. The van der Waals surface area contributed by atoms with E-state index in [1.165, 1.54) is 28.8 Å². The summed E-state index contributed by atoms with van der Waals surface area (Å²) in [5.41, 5.74) is 6.22. The van der Waals surface area contributed by atoms with Gasteiger partial charge in [0, 0.05) is 29.9 Å². The summed E-state index contributed by atoms with van der Waals surface area (Å²) in [6, 6.07) is 8.64. The molecule has 0 spiro atoms. The predicted molar refractivity (Wildman–Crippen MR) is 87.3 cm³/mol. The van der Waals surface area contributed by atoms with E-state index in [2.05, 4.69) is 36.1 Å². The Hall–Kier alpha value is -1.94. The molecule has 1 aromatic heterocycles. The lowest BCUT2D eigenvalue weighted by molar-refractivity contribution is 0.122. The van der Waals surface area contributed by atoms with Crippen molar-refractivity contribution in [3.8, 4) is 11.3 Å². The second kappa shape index (κ2) is 5.69. The van der Waals surface area contributed by atoms with Gasteiger partial charge in [-0.2, -0.15) is 0 Å². The Morgan fingerprint density at radius 2 is 1.95 bits per heavy atom. The number of aryl methyl sites for hydroxylation is 2. The number of hydrogen-bond donors (Lipinski definition) is 0. The van der Waals surface area contributed by atoms with Gasteiger partial charge in [-0.1, -0.05) is 23.8 Å². The van der Waals surface area contributed by atoms with Crippen molar-refractivity contribution in [2.75, 3.05) is 31.2 Å². The van der Waals surface area contributed by atoms with Gasteiger partial charge in [0.05, 0.1) is 18.9 Å². The van der Waals surface area contributed by atoms with Crippen LogP contribution < -0.4 is 4.90 Å². The Bertz CT molecular complexity index is 693. The van der Waals surface area contributed by atoms with E-state index in [4.69, 9.17) is 14.7 Å². The van der Waals surface area contributed by atoms with Gasteiger partial charge in [-0.05, 0) is 32.3 Å². The summed E-state index contributed by atoms with van der Waals surface area (Å²) < 4.78 is 5.45. The molecule has 0 radical (unpaired) electrons. The molecule has 2 heterocycles. The number of anilines is 1. The van der Waals surface area contributed by atoms with E-state index in [0.29, 0.717) is 0 Å². The van der Waals surface area contributed by atoms with Crippen LogP contribution in [0.4, 0.5) is 5.95 Å². The number of fused-ring (bicyclic) bond motifs is 1. The van der Waals surface area contributed by atoms with Crippen LogP contribution in [0.1, 0.15) is 23.2 Å². The highest BCUT2D eigenvalue weighted by Crippen LogP contribution is 2.32. The molecule has 0 N–H and O–H groups in total. The van der Waals surface area contributed by atoms with E-state index < -0.39 is 0 Å². The van der Waals surface area contributed by atoms with E-state index in [9.17, 15) is 0 Å². The minimum atomic E-state index is 0.764. The number of ether oxygens (including phenoxy) is 1. The first-order valence-electron chi connectivity index (χ1n) is 8.11. The van der Waals surface area contributed by atoms with Crippen molar-refractivity contribution >= 4 is 5.95 Å². The maximum Gasteiger partial charge on any atom is 0.226 e. The molecular weight excluding hydrogens is 274 g/mol. The molecule has 1 fully saturated rings. The normalized spacial score (nSPS) is 17.6. The van der Waals surface area contributed by atoms with Crippen molar-refractivity contribution in [2.24, 2.45) is 0 Å². The van der Waals surface area contributed by atoms with Gasteiger partial charge in [0.1, 0.15) is 0 Å². The lowest BCUT2D eigenvalue weighted by atomic mass is 10.0. The molecule has 0 atom stereocenters. The van der Waals surface area contributed by atoms with Crippen LogP contribution in [0.2, 0.25) is 0 Å². The Labute approximate surface area is 131 Å². The van der Waals surface area contributed by atoms with Crippen LogP contribution >= 0.6 is 0 Å². The lowest BCUT2D eigenvalue weighted by Crippen LogP contribution is -2.37.